The normalized spacial score (nSPS) is 15.7. The maximum Gasteiger partial charge on any atom is 0.225 e. The van der Waals surface area contributed by atoms with Gasteiger partial charge in [0.05, 0.1) is 6.54 Å². The van der Waals surface area contributed by atoms with Gasteiger partial charge in [-0.05, 0) is 26.5 Å². The molecule has 1 aromatic heterocycles. The number of hydrogen-bond donors (Lipinski definition) is 2. The number of anilines is 1. The van der Waals surface area contributed by atoms with E-state index in [1.807, 2.05) is 6.07 Å². The second-order valence-electron chi connectivity index (χ2n) is 7.21. The van der Waals surface area contributed by atoms with Crippen molar-refractivity contribution in [2.24, 2.45) is 4.99 Å². The van der Waals surface area contributed by atoms with Crippen molar-refractivity contribution in [3.8, 4) is 0 Å². The number of rotatable bonds is 12. The van der Waals surface area contributed by atoms with Crippen LogP contribution in [0.25, 0.3) is 0 Å². The summed E-state index contributed by atoms with van der Waals surface area (Å²) >= 11 is 0. The van der Waals surface area contributed by atoms with Crippen molar-refractivity contribution >= 4 is 11.9 Å². The Kier molecular flexibility index (Phi) is 11.3. The number of nitrogens with zero attached hydrogens (tertiary/aromatic N) is 6. The van der Waals surface area contributed by atoms with Crippen molar-refractivity contribution in [1.29, 1.82) is 0 Å². The smallest absolute Gasteiger partial charge is 0.225 e. The SMILES string of the molecule is CCNC(=NCCN1CCN(c2ncccn2)CC1)NCCN(C)CCCOC. The van der Waals surface area contributed by atoms with Crippen LogP contribution in [-0.4, -0.2) is 112 Å². The Hall–Kier alpha value is -1.97. The molecule has 2 N–H and O–H groups in total. The number of aromatic nitrogens is 2. The van der Waals surface area contributed by atoms with E-state index in [1.54, 1.807) is 19.5 Å². The van der Waals surface area contributed by atoms with E-state index in [9.17, 15) is 0 Å². The molecule has 29 heavy (non-hydrogen) atoms. The predicted molar refractivity (Wildman–Crippen MR) is 119 cm³/mol. The Morgan fingerprint density at radius 3 is 2.62 bits per heavy atom. The van der Waals surface area contributed by atoms with Gasteiger partial charge in [-0.2, -0.15) is 0 Å². The minimum atomic E-state index is 0.793. The molecule has 1 aliphatic rings. The lowest BCUT2D eigenvalue weighted by Gasteiger charge is -2.34. The van der Waals surface area contributed by atoms with Crippen LogP contribution >= 0.6 is 0 Å². The highest BCUT2D eigenvalue weighted by atomic mass is 16.5. The first-order valence-corrected chi connectivity index (χ1v) is 10.7. The summed E-state index contributed by atoms with van der Waals surface area (Å²) in [5, 5.41) is 6.76. The van der Waals surface area contributed by atoms with Crippen LogP contribution in [0.3, 0.4) is 0 Å². The summed E-state index contributed by atoms with van der Waals surface area (Å²) in [5.74, 6) is 1.73. The van der Waals surface area contributed by atoms with Gasteiger partial charge in [-0.25, -0.2) is 9.97 Å². The number of ether oxygens (including phenoxy) is 1. The Morgan fingerprint density at radius 2 is 1.93 bits per heavy atom. The van der Waals surface area contributed by atoms with E-state index in [0.717, 1.165) is 90.4 Å². The largest absolute Gasteiger partial charge is 0.385 e. The Labute approximate surface area is 175 Å². The zero-order valence-electron chi connectivity index (χ0n) is 18.3. The highest BCUT2D eigenvalue weighted by molar-refractivity contribution is 5.79. The highest BCUT2D eigenvalue weighted by Gasteiger charge is 2.18. The Bertz CT molecular complexity index is 563. The van der Waals surface area contributed by atoms with Gasteiger partial charge in [0.2, 0.25) is 5.95 Å². The van der Waals surface area contributed by atoms with Crippen LogP contribution in [0.15, 0.2) is 23.5 Å². The van der Waals surface area contributed by atoms with Crippen LogP contribution in [0.5, 0.6) is 0 Å². The van der Waals surface area contributed by atoms with Crippen molar-refractivity contribution in [2.45, 2.75) is 13.3 Å². The fraction of sp³-hybridized carbons (Fsp3) is 0.750. The molecule has 1 saturated heterocycles. The van der Waals surface area contributed by atoms with E-state index >= 15 is 0 Å². The van der Waals surface area contributed by atoms with Gasteiger partial charge in [-0.1, -0.05) is 0 Å². The number of methoxy groups -OCH3 is 1. The van der Waals surface area contributed by atoms with Crippen molar-refractivity contribution in [3.05, 3.63) is 18.5 Å². The lowest BCUT2D eigenvalue weighted by Crippen LogP contribution is -2.48. The molecule has 0 aromatic carbocycles. The molecule has 1 fully saturated rings. The van der Waals surface area contributed by atoms with Gasteiger partial charge in [-0.15, -0.1) is 0 Å². The van der Waals surface area contributed by atoms with Gasteiger partial charge in [0.15, 0.2) is 5.96 Å². The molecule has 1 aromatic rings. The third kappa shape index (κ3) is 9.38. The Balaban J connectivity index is 1.64. The van der Waals surface area contributed by atoms with E-state index in [4.69, 9.17) is 9.73 Å². The lowest BCUT2D eigenvalue weighted by atomic mass is 10.3. The van der Waals surface area contributed by atoms with Crippen LogP contribution in [-0.2, 0) is 4.74 Å². The van der Waals surface area contributed by atoms with Crippen LogP contribution in [0.1, 0.15) is 13.3 Å². The van der Waals surface area contributed by atoms with E-state index in [1.165, 1.54) is 0 Å². The summed E-state index contributed by atoms with van der Waals surface area (Å²) in [4.78, 5) is 20.4. The molecule has 9 heteroatoms. The zero-order valence-corrected chi connectivity index (χ0v) is 18.3. The van der Waals surface area contributed by atoms with Gasteiger partial charge >= 0.3 is 0 Å². The predicted octanol–water partition coefficient (Wildman–Crippen LogP) is 0.122. The Morgan fingerprint density at radius 1 is 1.17 bits per heavy atom. The maximum atomic E-state index is 5.11. The minimum absolute atomic E-state index is 0.793. The molecule has 164 valence electrons. The average Bonchev–Trinajstić information content (AvgIpc) is 2.75. The zero-order chi connectivity index (χ0) is 20.7. The molecular formula is C20H38N8O. The number of nitrogens with one attached hydrogen (secondary N) is 2. The van der Waals surface area contributed by atoms with Crippen molar-refractivity contribution < 1.29 is 4.74 Å². The second-order valence-corrected chi connectivity index (χ2v) is 7.21. The molecule has 2 rings (SSSR count). The summed E-state index contributed by atoms with van der Waals surface area (Å²) in [5.41, 5.74) is 0. The monoisotopic (exact) mass is 406 g/mol. The fourth-order valence-corrected chi connectivity index (χ4v) is 3.23. The van der Waals surface area contributed by atoms with Gasteiger partial charge < -0.3 is 25.2 Å². The van der Waals surface area contributed by atoms with Crippen LogP contribution in [0.4, 0.5) is 5.95 Å². The average molecular weight is 407 g/mol. The number of aliphatic imine (C=N–C) groups is 1. The third-order valence-electron chi connectivity index (χ3n) is 4.91. The molecule has 1 aliphatic heterocycles. The molecule has 0 bridgehead atoms. The van der Waals surface area contributed by atoms with Crippen molar-refractivity contribution in [1.82, 2.24) is 30.4 Å². The molecule has 2 heterocycles. The summed E-state index contributed by atoms with van der Waals surface area (Å²) in [6.45, 7) is 12.4. The number of hydrogen-bond acceptors (Lipinski definition) is 7. The first-order valence-electron chi connectivity index (χ1n) is 10.7. The summed E-state index contributed by atoms with van der Waals surface area (Å²) < 4.78 is 5.11. The van der Waals surface area contributed by atoms with Crippen LogP contribution in [0.2, 0.25) is 0 Å². The molecule has 0 radical (unpaired) electrons. The van der Waals surface area contributed by atoms with Gasteiger partial charge in [-0.3, -0.25) is 9.89 Å². The fourth-order valence-electron chi connectivity index (χ4n) is 3.23. The summed E-state index contributed by atoms with van der Waals surface area (Å²) in [6.07, 6.45) is 4.66. The summed E-state index contributed by atoms with van der Waals surface area (Å²) in [6, 6.07) is 1.85. The quantitative estimate of drug-likeness (QED) is 0.288. The van der Waals surface area contributed by atoms with E-state index in [2.05, 4.69) is 49.3 Å². The van der Waals surface area contributed by atoms with E-state index in [0.29, 0.717) is 0 Å². The summed E-state index contributed by atoms with van der Waals surface area (Å²) in [7, 11) is 3.89. The lowest BCUT2D eigenvalue weighted by molar-refractivity contribution is 0.180. The number of piperazine rings is 1. The molecule has 0 unspecified atom stereocenters. The standard InChI is InChI=1S/C20H38N8O/c1-4-21-19(22-9-12-26(2)11-6-18-29-3)23-10-13-27-14-16-28(17-15-27)20-24-7-5-8-25-20/h5,7-8H,4,6,9-18H2,1-3H3,(H2,21,22,23). The first-order chi connectivity index (χ1) is 14.2. The maximum absolute atomic E-state index is 5.11. The van der Waals surface area contributed by atoms with Crippen LogP contribution < -0.4 is 15.5 Å². The molecular weight excluding hydrogens is 368 g/mol. The highest BCUT2D eigenvalue weighted by Crippen LogP contribution is 2.09. The minimum Gasteiger partial charge on any atom is -0.385 e. The second kappa shape index (κ2) is 14.1. The third-order valence-corrected chi connectivity index (χ3v) is 4.91. The van der Waals surface area contributed by atoms with E-state index < -0.39 is 0 Å². The molecule has 0 amide bonds. The molecule has 9 nitrogen and oxygen atoms in total. The van der Waals surface area contributed by atoms with Crippen molar-refractivity contribution in [2.75, 3.05) is 91.1 Å². The van der Waals surface area contributed by atoms with E-state index in [-0.39, 0.29) is 0 Å². The first kappa shape index (κ1) is 23.3. The van der Waals surface area contributed by atoms with Crippen LogP contribution in [0, 0.1) is 0 Å². The van der Waals surface area contributed by atoms with Gasteiger partial charge in [0, 0.05) is 85.0 Å². The van der Waals surface area contributed by atoms with Gasteiger partial charge in [0.1, 0.15) is 0 Å². The molecule has 0 aliphatic carbocycles. The molecule has 0 saturated carbocycles. The number of guanidine groups is 1. The molecule has 0 atom stereocenters. The number of likely N-dealkylation sites (N-methyl/N-ethyl adjacent to an activating group) is 1. The van der Waals surface area contributed by atoms with Crippen molar-refractivity contribution in [3.63, 3.8) is 0 Å². The van der Waals surface area contributed by atoms with Gasteiger partial charge in [0.25, 0.3) is 0 Å². The molecule has 0 spiro atoms. The topological polar surface area (TPSA) is 81.2 Å².